The van der Waals surface area contributed by atoms with Gasteiger partial charge in [0.05, 0.1) is 13.2 Å². The molecule has 3 aliphatic rings. The Hall–Kier alpha value is -2.15. The monoisotopic (exact) mass is 403 g/mol. The van der Waals surface area contributed by atoms with E-state index in [4.69, 9.17) is 4.74 Å². The summed E-state index contributed by atoms with van der Waals surface area (Å²) < 4.78 is 19.6. The fraction of sp³-hybridized carbons (Fsp3) is 0.636. The second-order valence-corrected chi connectivity index (χ2v) is 8.67. The normalized spacial score (nSPS) is 29.3. The molecule has 4 rings (SSSR count). The summed E-state index contributed by atoms with van der Waals surface area (Å²) in [6.45, 7) is 4.25. The highest BCUT2D eigenvalue weighted by Crippen LogP contribution is 2.41. The average molecular weight is 403 g/mol. The topological polar surface area (TPSA) is 61.9 Å². The standard InChI is InChI=1S/C22H30FN3O3/c1-14(27)24-10-21-17-8-16(20-4-3-5-22(28)26(20)21)12-25(13-17)11-15-6-7-18(29-2)9-19(15)23/h6-7,9,16-17,20-21H,3-5,8,10-13H2,1-2H3,(H,24,27)/t16-,17+,20+,21+/m1/s1. The van der Waals surface area contributed by atoms with Gasteiger partial charge in [-0.3, -0.25) is 14.5 Å². The van der Waals surface area contributed by atoms with Crippen molar-refractivity contribution in [3.8, 4) is 5.75 Å². The number of fused-ring (bicyclic) bond motifs is 4. The molecule has 29 heavy (non-hydrogen) atoms. The fourth-order valence-electron chi connectivity index (χ4n) is 5.54. The van der Waals surface area contributed by atoms with Crippen LogP contribution in [0, 0.1) is 17.7 Å². The largest absolute Gasteiger partial charge is 0.497 e. The number of nitrogens with one attached hydrogen (secondary N) is 1. The van der Waals surface area contributed by atoms with Crippen LogP contribution in [-0.2, 0) is 16.1 Å². The van der Waals surface area contributed by atoms with Crippen molar-refractivity contribution < 1.29 is 18.7 Å². The summed E-state index contributed by atoms with van der Waals surface area (Å²) in [7, 11) is 1.53. The smallest absolute Gasteiger partial charge is 0.223 e. The molecular formula is C22H30FN3O3. The lowest BCUT2D eigenvalue weighted by atomic mass is 9.72. The molecule has 4 atom stereocenters. The van der Waals surface area contributed by atoms with Crippen molar-refractivity contribution in [2.75, 3.05) is 26.7 Å². The van der Waals surface area contributed by atoms with Crippen LogP contribution in [0.1, 0.15) is 38.2 Å². The number of piperidine rings is 3. The van der Waals surface area contributed by atoms with E-state index in [0.717, 1.165) is 32.4 Å². The summed E-state index contributed by atoms with van der Waals surface area (Å²) in [5, 5.41) is 2.93. The predicted octanol–water partition coefficient (Wildman–Crippen LogP) is 2.17. The Balaban J connectivity index is 1.53. The number of amides is 2. The fourth-order valence-corrected chi connectivity index (χ4v) is 5.54. The van der Waals surface area contributed by atoms with Crippen LogP contribution in [0.2, 0.25) is 0 Å². The zero-order valence-corrected chi connectivity index (χ0v) is 17.2. The molecule has 3 saturated heterocycles. The number of likely N-dealkylation sites (tertiary alicyclic amines) is 1. The van der Waals surface area contributed by atoms with Gasteiger partial charge in [-0.2, -0.15) is 0 Å². The van der Waals surface area contributed by atoms with E-state index in [2.05, 4.69) is 15.1 Å². The number of halogens is 1. The molecule has 0 spiro atoms. The maximum atomic E-state index is 14.5. The van der Waals surface area contributed by atoms with E-state index < -0.39 is 0 Å². The number of hydrogen-bond donors (Lipinski definition) is 1. The SMILES string of the molecule is COc1ccc(CN2C[C@H]3C[C@@H](C2)[C@H](CNC(C)=O)N2C(=O)CCC[C@@H]32)c(F)c1. The third-order valence-corrected chi connectivity index (χ3v) is 6.79. The molecule has 0 aromatic heterocycles. The molecular weight excluding hydrogens is 373 g/mol. The number of benzene rings is 1. The molecule has 6 nitrogen and oxygen atoms in total. The average Bonchev–Trinajstić information content (AvgIpc) is 2.69. The molecule has 3 fully saturated rings. The van der Waals surface area contributed by atoms with Crippen LogP contribution >= 0.6 is 0 Å². The van der Waals surface area contributed by atoms with E-state index in [1.54, 1.807) is 12.1 Å². The quantitative estimate of drug-likeness (QED) is 0.819. The lowest BCUT2D eigenvalue weighted by Crippen LogP contribution is -2.66. The lowest BCUT2D eigenvalue weighted by molar-refractivity contribution is -0.153. The molecule has 7 heteroatoms. The zero-order valence-electron chi connectivity index (χ0n) is 17.2. The van der Waals surface area contributed by atoms with Gasteiger partial charge in [-0.1, -0.05) is 6.07 Å². The highest BCUT2D eigenvalue weighted by atomic mass is 19.1. The number of carbonyl (C=O) groups excluding carboxylic acids is 2. The first-order valence-electron chi connectivity index (χ1n) is 10.6. The van der Waals surface area contributed by atoms with Crippen molar-refractivity contribution in [1.29, 1.82) is 0 Å². The number of carbonyl (C=O) groups is 2. The number of ether oxygens (including phenoxy) is 1. The zero-order chi connectivity index (χ0) is 20.5. The summed E-state index contributed by atoms with van der Waals surface area (Å²) in [5.41, 5.74) is 0.667. The second-order valence-electron chi connectivity index (χ2n) is 8.67. The number of nitrogens with zero attached hydrogens (tertiary/aromatic N) is 2. The number of rotatable bonds is 5. The first-order chi connectivity index (χ1) is 14.0. The van der Waals surface area contributed by atoms with Crippen molar-refractivity contribution >= 4 is 11.8 Å². The minimum Gasteiger partial charge on any atom is -0.497 e. The highest BCUT2D eigenvalue weighted by Gasteiger charge is 2.49. The molecule has 1 aromatic carbocycles. The maximum Gasteiger partial charge on any atom is 0.223 e. The third-order valence-electron chi connectivity index (χ3n) is 6.79. The van der Waals surface area contributed by atoms with E-state index in [-0.39, 0.29) is 29.7 Å². The molecule has 0 aliphatic carbocycles. The summed E-state index contributed by atoms with van der Waals surface area (Å²) in [6.07, 6.45) is 3.62. The van der Waals surface area contributed by atoms with Gasteiger partial charge in [-0.15, -0.1) is 0 Å². The Bertz CT molecular complexity index is 787. The van der Waals surface area contributed by atoms with Crippen molar-refractivity contribution in [2.45, 2.75) is 51.2 Å². The van der Waals surface area contributed by atoms with Gasteiger partial charge in [0.1, 0.15) is 11.6 Å². The lowest BCUT2D eigenvalue weighted by Gasteiger charge is -2.56. The molecule has 0 unspecified atom stereocenters. The van der Waals surface area contributed by atoms with Crippen molar-refractivity contribution in [3.63, 3.8) is 0 Å². The van der Waals surface area contributed by atoms with Crippen molar-refractivity contribution in [2.24, 2.45) is 11.8 Å². The van der Waals surface area contributed by atoms with Crippen molar-refractivity contribution in [1.82, 2.24) is 15.1 Å². The second kappa shape index (κ2) is 8.30. The Morgan fingerprint density at radius 2 is 2.10 bits per heavy atom. The van der Waals surface area contributed by atoms with Crippen LogP contribution in [0.25, 0.3) is 0 Å². The summed E-state index contributed by atoms with van der Waals surface area (Å²) in [6, 6.07) is 5.28. The molecule has 1 N–H and O–H groups in total. The van der Waals surface area contributed by atoms with Gasteiger partial charge in [-0.25, -0.2) is 4.39 Å². The Labute approximate surface area is 171 Å². The number of hydrogen-bond acceptors (Lipinski definition) is 4. The molecule has 3 heterocycles. The molecule has 0 saturated carbocycles. The van der Waals surface area contributed by atoms with Gasteiger partial charge in [0, 0.05) is 57.2 Å². The first kappa shape index (κ1) is 20.1. The molecule has 2 amide bonds. The number of methoxy groups -OCH3 is 1. The first-order valence-corrected chi connectivity index (χ1v) is 10.6. The van der Waals surface area contributed by atoms with Gasteiger partial charge in [0.2, 0.25) is 11.8 Å². The predicted molar refractivity (Wildman–Crippen MR) is 107 cm³/mol. The van der Waals surface area contributed by atoms with Crippen LogP contribution in [-0.4, -0.2) is 60.4 Å². The summed E-state index contributed by atoms with van der Waals surface area (Å²) >= 11 is 0. The Kier molecular flexibility index (Phi) is 5.76. The third kappa shape index (κ3) is 4.10. The Morgan fingerprint density at radius 1 is 1.31 bits per heavy atom. The van der Waals surface area contributed by atoms with Crippen molar-refractivity contribution in [3.05, 3.63) is 29.6 Å². The van der Waals surface area contributed by atoms with Crippen LogP contribution in [0.5, 0.6) is 5.75 Å². The van der Waals surface area contributed by atoms with E-state index >= 15 is 0 Å². The Morgan fingerprint density at radius 3 is 2.83 bits per heavy atom. The molecule has 158 valence electrons. The van der Waals surface area contributed by atoms with Gasteiger partial charge in [0.25, 0.3) is 0 Å². The van der Waals surface area contributed by atoms with Crippen LogP contribution in [0.4, 0.5) is 4.39 Å². The van der Waals surface area contributed by atoms with E-state index in [1.165, 1.54) is 20.1 Å². The maximum absolute atomic E-state index is 14.5. The van der Waals surface area contributed by atoms with Gasteiger partial charge >= 0.3 is 0 Å². The minimum absolute atomic E-state index is 0.0245. The summed E-state index contributed by atoms with van der Waals surface area (Å²) in [5.74, 6) is 1.13. The molecule has 1 aromatic rings. The molecule has 0 radical (unpaired) electrons. The van der Waals surface area contributed by atoms with Crippen LogP contribution in [0.3, 0.4) is 0 Å². The van der Waals surface area contributed by atoms with Crippen LogP contribution < -0.4 is 10.1 Å². The minimum atomic E-state index is -0.246. The van der Waals surface area contributed by atoms with Gasteiger partial charge < -0.3 is 15.0 Å². The van der Waals surface area contributed by atoms with E-state index in [9.17, 15) is 14.0 Å². The molecule has 3 aliphatic heterocycles. The van der Waals surface area contributed by atoms with Crippen LogP contribution in [0.15, 0.2) is 18.2 Å². The van der Waals surface area contributed by atoms with Gasteiger partial charge in [0.15, 0.2) is 0 Å². The molecule has 2 bridgehead atoms. The van der Waals surface area contributed by atoms with E-state index in [1.807, 2.05) is 0 Å². The summed E-state index contributed by atoms with van der Waals surface area (Å²) in [4.78, 5) is 28.7. The highest BCUT2D eigenvalue weighted by molar-refractivity contribution is 5.78. The van der Waals surface area contributed by atoms with Gasteiger partial charge in [-0.05, 0) is 37.2 Å². The van der Waals surface area contributed by atoms with E-state index in [0.29, 0.717) is 42.7 Å².